The molecule has 5 nitrogen and oxygen atoms in total. The van der Waals surface area contributed by atoms with Gasteiger partial charge in [-0.1, -0.05) is 0 Å². The molecule has 0 saturated carbocycles. The molecule has 17 heavy (non-hydrogen) atoms. The average molecular weight is 260 g/mol. The SMILES string of the molecule is Nc1cc(F)cc(S(=O)(=O)N2CCOCC2)c1. The van der Waals surface area contributed by atoms with Crippen molar-refractivity contribution in [1.82, 2.24) is 4.31 Å². The van der Waals surface area contributed by atoms with Gasteiger partial charge in [-0.25, -0.2) is 12.8 Å². The highest BCUT2D eigenvalue weighted by Crippen LogP contribution is 2.20. The van der Waals surface area contributed by atoms with Crippen LogP contribution < -0.4 is 5.73 Å². The van der Waals surface area contributed by atoms with E-state index in [4.69, 9.17) is 10.5 Å². The predicted molar refractivity (Wildman–Crippen MR) is 60.4 cm³/mol. The molecule has 2 rings (SSSR count). The summed E-state index contributed by atoms with van der Waals surface area (Å²) in [7, 11) is -3.67. The van der Waals surface area contributed by atoms with Crippen LogP contribution in [0.3, 0.4) is 0 Å². The van der Waals surface area contributed by atoms with E-state index in [1.807, 2.05) is 0 Å². The van der Waals surface area contributed by atoms with Crippen LogP contribution in [0.2, 0.25) is 0 Å². The van der Waals surface area contributed by atoms with E-state index in [1.54, 1.807) is 0 Å². The second-order valence-corrected chi connectivity index (χ2v) is 5.67. The Morgan fingerprint density at radius 1 is 1.24 bits per heavy atom. The van der Waals surface area contributed by atoms with Crippen LogP contribution in [-0.2, 0) is 14.8 Å². The zero-order valence-electron chi connectivity index (χ0n) is 9.10. The Kier molecular flexibility index (Phi) is 3.32. The van der Waals surface area contributed by atoms with Crippen LogP contribution in [0.4, 0.5) is 10.1 Å². The first-order valence-electron chi connectivity index (χ1n) is 5.14. The van der Waals surface area contributed by atoms with Crippen molar-refractivity contribution in [3.8, 4) is 0 Å². The van der Waals surface area contributed by atoms with Crippen LogP contribution in [0.25, 0.3) is 0 Å². The van der Waals surface area contributed by atoms with E-state index in [9.17, 15) is 12.8 Å². The molecule has 0 aromatic heterocycles. The van der Waals surface area contributed by atoms with Crippen molar-refractivity contribution >= 4 is 15.7 Å². The Bertz CT molecular complexity index is 492. The van der Waals surface area contributed by atoms with E-state index in [1.165, 1.54) is 10.4 Å². The van der Waals surface area contributed by atoms with Gasteiger partial charge in [0.05, 0.1) is 18.1 Å². The fourth-order valence-corrected chi connectivity index (χ4v) is 3.14. The summed E-state index contributed by atoms with van der Waals surface area (Å²) in [6.45, 7) is 1.26. The second-order valence-electron chi connectivity index (χ2n) is 3.74. The van der Waals surface area contributed by atoms with Crippen LogP contribution in [0.15, 0.2) is 23.1 Å². The molecule has 7 heteroatoms. The van der Waals surface area contributed by atoms with Crippen LogP contribution in [0.1, 0.15) is 0 Å². The maximum atomic E-state index is 13.1. The molecule has 94 valence electrons. The molecule has 0 aliphatic carbocycles. The maximum absolute atomic E-state index is 13.1. The van der Waals surface area contributed by atoms with Gasteiger partial charge in [0.2, 0.25) is 10.0 Å². The third-order valence-electron chi connectivity index (χ3n) is 2.50. The molecule has 0 spiro atoms. The lowest BCUT2D eigenvalue weighted by molar-refractivity contribution is 0.0730. The van der Waals surface area contributed by atoms with E-state index >= 15 is 0 Å². The fourth-order valence-electron chi connectivity index (χ4n) is 1.67. The van der Waals surface area contributed by atoms with Crippen LogP contribution in [0.5, 0.6) is 0 Å². The molecule has 1 saturated heterocycles. The van der Waals surface area contributed by atoms with Gasteiger partial charge >= 0.3 is 0 Å². The number of rotatable bonds is 2. The summed E-state index contributed by atoms with van der Waals surface area (Å²) in [5.41, 5.74) is 5.53. The Morgan fingerprint density at radius 2 is 1.88 bits per heavy atom. The third-order valence-corrected chi connectivity index (χ3v) is 4.38. The van der Waals surface area contributed by atoms with Gasteiger partial charge in [0.1, 0.15) is 5.82 Å². The molecule has 0 atom stereocenters. The summed E-state index contributed by atoms with van der Waals surface area (Å²) in [6.07, 6.45) is 0. The summed E-state index contributed by atoms with van der Waals surface area (Å²) >= 11 is 0. The number of sulfonamides is 1. The van der Waals surface area contributed by atoms with Gasteiger partial charge in [0.25, 0.3) is 0 Å². The Morgan fingerprint density at radius 3 is 2.47 bits per heavy atom. The summed E-state index contributed by atoms with van der Waals surface area (Å²) < 4.78 is 43.8. The second kappa shape index (κ2) is 4.59. The first-order valence-corrected chi connectivity index (χ1v) is 6.58. The minimum atomic E-state index is -3.67. The lowest BCUT2D eigenvalue weighted by Crippen LogP contribution is -2.40. The van der Waals surface area contributed by atoms with Crippen LogP contribution in [-0.4, -0.2) is 39.0 Å². The third kappa shape index (κ3) is 2.56. The van der Waals surface area contributed by atoms with Crippen molar-refractivity contribution in [1.29, 1.82) is 0 Å². The zero-order chi connectivity index (χ0) is 12.5. The molecular weight excluding hydrogens is 247 g/mol. The summed E-state index contributed by atoms with van der Waals surface area (Å²) in [6, 6.07) is 3.31. The van der Waals surface area contributed by atoms with Gasteiger partial charge < -0.3 is 10.5 Å². The Balaban J connectivity index is 2.36. The number of hydrogen-bond acceptors (Lipinski definition) is 4. The molecule has 1 aromatic carbocycles. The van der Waals surface area contributed by atoms with Crippen molar-refractivity contribution in [3.05, 3.63) is 24.0 Å². The van der Waals surface area contributed by atoms with Crippen LogP contribution in [0, 0.1) is 5.82 Å². The lowest BCUT2D eigenvalue weighted by Gasteiger charge is -2.26. The highest BCUT2D eigenvalue weighted by molar-refractivity contribution is 7.89. The smallest absolute Gasteiger partial charge is 0.243 e. The molecule has 0 amide bonds. The maximum Gasteiger partial charge on any atom is 0.243 e. The van der Waals surface area contributed by atoms with E-state index < -0.39 is 15.8 Å². The fraction of sp³-hybridized carbons (Fsp3) is 0.400. The van der Waals surface area contributed by atoms with Gasteiger partial charge in [0, 0.05) is 18.8 Å². The van der Waals surface area contributed by atoms with Crippen molar-refractivity contribution < 1.29 is 17.5 Å². The minimum absolute atomic E-state index is 0.0943. The number of nitrogens with zero attached hydrogens (tertiary/aromatic N) is 1. The topological polar surface area (TPSA) is 72.6 Å². The predicted octanol–water partition coefficient (Wildman–Crippen LogP) is 0.429. The highest BCUT2D eigenvalue weighted by Gasteiger charge is 2.26. The first-order chi connectivity index (χ1) is 8.00. The van der Waals surface area contributed by atoms with E-state index in [0.29, 0.717) is 13.2 Å². The zero-order valence-corrected chi connectivity index (χ0v) is 9.91. The molecule has 1 aliphatic heterocycles. The summed E-state index contributed by atoms with van der Waals surface area (Å²) in [4.78, 5) is -0.114. The number of nitrogen functional groups attached to an aromatic ring is 1. The summed E-state index contributed by atoms with van der Waals surface area (Å²) in [5.74, 6) is -0.656. The normalized spacial score (nSPS) is 18.2. The lowest BCUT2D eigenvalue weighted by atomic mass is 10.3. The Labute approximate surface area is 99.0 Å². The van der Waals surface area contributed by atoms with E-state index in [-0.39, 0.29) is 23.7 Å². The standard InChI is InChI=1S/C10H13FN2O3S/c11-8-5-9(12)7-10(6-8)17(14,15)13-1-3-16-4-2-13/h5-7H,1-4,12H2. The van der Waals surface area contributed by atoms with Gasteiger partial charge in [0.15, 0.2) is 0 Å². The number of hydrogen-bond donors (Lipinski definition) is 1. The molecule has 1 fully saturated rings. The number of benzene rings is 1. The number of anilines is 1. The quantitative estimate of drug-likeness (QED) is 0.783. The molecule has 1 heterocycles. The molecule has 1 aromatic rings. The van der Waals surface area contributed by atoms with Crippen LogP contribution >= 0.6 is 0 Å². The van der Waals surface area contributed by atoms with Crippen molar-refractivity contribution in [3.63, 3.8) is 0 Å². The number of nitrogens with two attached hydrogens (primary N) is 1. The number of halogens is 1. The summed E-state index contributed by atoms with van der Waals surface area (Å²) in [5, 5.41) is 0. The first kappa shape index (κ1) is 12.3. The molecule has 0 unspecified atom stereocenters. The van der Waals surface area contributed by atoms with Gasteiger partial charge in [-0.05, 0) is 18.2 Å². The Hall–Kier alpha value is -1.18. The highest BCUT2D eigenvalue weighted by atomic mass is 32.2. The molecule has 1 aliphatic rings. The van der Waals surface area contributed by atoms with Gasteiger partial charge in [-0.2, -0.15) is 4.31 Å². The molecule has 0 bridgehead atoms. The van der Waals surface area contributed by atoms with E-state index in [0.717, 1.165) is 12.1 Å². The van der Waals surface area contributed by atoms with Crippen molar-refractivity contribution in [2.75, 3.05) is 32.0 Å². The molecular formula is C10H13FN2O3S. The minimum Gasteiger partial charge on any atom is -0.399 e. The molecule has 2 N–H and O–H groups in total. The molecule has 0 radical (unpaired) electrons. The van der Waals surface area contributed by atoms with E-state index in [2.05, 4.69) is 0 Å². The number of ether oxygens (including phenoxy) is 1. The van der Waals surface area contributed by atoms with Crippen molar-refractivity contribution in [2.24, 2.45) is 0 Å². The number of morpholine rings is 1. The monoisotopic (exact) mass is 260 g/mol. The van der Waals surface area contributed by atoms with Crippen molar-refractivity contribution in [2.45, 2.75) is 4.90 Å². The van der Waals surface area contributed by atoms with Gasteiger partial charge in [-0.15, -0.1) is 0 Å². The van der Waals surface area contributed by atoms with Gasteiger partial charge in [-0.3, -0.25) is 0 Å². The average Bonchev–Trinajstić information content (AvgIpc) is 2.29. The largest absolute Gasteiger partial charge is 0.399 e.